The molecule has 6 nitrogen and oxygen atoms in total. The third-order valence-corrected chi connectivity index (χ3v) is 5.13. The van der Waals surface area contributed by atoms with Crippen LogP contribution in [0.25, 0.3) is 0 Å². The summed E-state index contributed by atoms with van der Waals surface area (Å²) >= 11 is 1.27. The van der Waals surface area contributed by atoms with Gasteiger partial charge in [-0.15, -0.1) is 0 Å². The Morgan fingerprint density at radius 1 is 1.38 bits per heavy atom. The van der Waals surface area contributed by atoms with Crippen molar-refractivity contribution in [1.82, 2.24) is 14.5 Å². The molecule has 0 aliphatic heterocycles. The van der Waals surface area contributed by atoms with Crippen molar-refractivity contribution in [2.24, 2.45) is 0 Å². The number of hydrogen-bond acceptors (Lipinski definition) is 5. The Morgan fingerprint density at radius 3 is 2.77 bits per heavy atom. The molecule has 0 aromatic carbocycles. The predicted molar refractivity (Wildman–Crippen MR) is 104 cm³/mol. The van der Waals surface area contributed by atoms with Gasteiger partial charge in [0, 0.05) is 35.8 Å². The van der Waals surface area contributed by atoms with E-state index in [-0.39, 0.29) is 23.1 Å². The van der Waals surface area contributed by atoms with Crippen LogP contribution in [0.15, 0.2) is 22.1 Å². The molecule has 1 atom stereocenters. The maximum Gasteiger partial charge on any atom is 0.251 e. The quantitative estimate of drug-likeness (QED) is 0.412. The van der Waals surface area contributed by atoms with E-state index >= 15 is 0 Å². The number of methoxy groups -OCH3 is 1. The van der Waals surface area contributed by atoms with Gasteiger partial charge in [-0.05, 0) is 33.3 Å². The predicted octanol–water partition coefficient (Wildman–Crippen LogP) is 3.32. The number of aromatic nitrogens is 3. The first-order chi connectivity index (χ1) is 12.4. The Morgan fingerprint density at radius 2 is 2.12 bits per heavy atom. The molecule has 2 aromatic rings. The lowest BCUT2D eigenvalue weighted by molar-refractivity contribution is 0.102. The van der Waals surface area contributed by atoms with Gasteiger partial charge in [-0.3, -0.25) is 9.59 Å². The number of aromatic amines is 1. The maximum absolute atomic E-state index is 12.7. The number of H-pyrrole nitrogens is 1. The number of ether oxygens (including phenoxy) is 1. The summed E-state index contributed by atoms with van der Waals surface area (Å²) in [5, 5.41) is 0.496. The Bertz CT molecular complexity index is 826. The fourth-order valence-electron chi connectivity index (χ4n) is 3.20. The molecule has 1 N–H and O–H groups in total. The van der Waals surface area contributed by atoms with E-state index in [2.05, 4.69) is 21.5 Å². The van der Waals surface area contributed by atoms with Gasteiger partial charge < -0.3 is 14.3 Å². The summed E-state index contributed by atoms with van der Waals surface area (Å²) in [4.78, 5) is 31.5. The van der Waals surface area contributed by atoms with Crippen molar-refractivity contribution in [3.05, 3.63) is 45.1 Å². The maximum atomic E-state index is 12.7. The van der Waals surface area contributed by atoms with Crippen LogP contribution in [0.5, 0.6) is 0 Å². The second kappa shape index (κ2) is 9.19. The number of rotatable bonds is 9. The smallest absolute Gasteiger partial charge is 0.251 e. The molecule has 0 unspecified atom stereocenters. The van der Waals surface area contributed by atoms with Crippen LogP contribution in [0, 0.1) is 13.8 Å². The molecule has 0 amide bonds. The Balaban J connectivity index is 2.14. The average Bonchev–Trinajstić information content (AvgIpc) is 2.87. The first kappa shape index (κ1) is 20.5. The van der Waals surface area contributed by atoms with Gasteiger partial charge in [-0.25, -0.2) is 4.98 Å². The number of aryl methyl sites for hydroxylation is 2. The summed E-state index contributed by atoms with van der Waals surface area (Å²) in [6.07, 6.45) is 1.68. The highest BCUT2D eigenvalue weighted by atomic mass is 32.2. The summed E-state index contributed by atoms with van der Waals surface area (Å²) in [6, 6.07) is 3.60. The van der Waals surface area contributed by atoms with Crippen LogP contribution in [0.3, 0.4) is 0 Å². The normalized spacial score (nSPS) is 12.3. The SMILES string of the molecule is CCCc1cc(=O)[nH]c(SCC(=O)c2cc(C)n([C@H](C)COC)c2C)n1. The number of nitrogens with one attached hydrogen (secondary N) is 1. The first-order valence-electron chi connectivity index (χ1n) is 8.81. The zero-order chi connectivity index (χ0) is 19.3. The number of thioether (sulfide) groups is 1. The minimum absolute atomic E-state index is 0.0301. The fraction of sp³-hybridized carbons (Fsp3) is 0.526. The van der Waals surface area contributed by atoms with Gasteiger partial charge in [0.2, 0.25) is 0 Å². The molecule has 0 spiro atoms. The molecular weight excluding hydrogens is 350 g/mol. The van der Waals surface area contributed by atoms with Gasteiger partial charge in [-0.2, -0.15) is 0 Å². The van der Waals surface area contributed by atoms with Crippen molar-refractivity contribution in [3.63, 3.8) is 0 Å². The number of Topliss-reactive ketones (excluding diaryl/α,β-unsaturated/α-hetero) is 1. The van der Waals surface area contributed by atoms with E-state index in [0.717, 1.165) is 29.9 Å². The monoisotopic (exact) mass is 377 g/mol. The number of hydrogen-bond donors (Lipinski definition) is 1. The van der Waals surface area contributed by atoms with E-state index < -0.39 is 0 Å². The van der Waals surface area contributed by atoms with Crippen molar-refractivity contribution in [2.45, 2.75) is 51.7 Å². The van der Waals surface area contributed by atoms with Crippen molar-refractivity contribution in [1.29, 1.82) is 0 Å². The average molecular weight is 378 g/mol. The minimum Gasteiger partial charge on any atom is -0.383 e. The van der Waals surface area contributed by atoms with Crippen LogP contribution in [-0.2, 0) is 11.2 Å². The highest BCUT2D eigenvalue weighted by Gasteiger charge is 2.19. The summed E-state index contributed by atoms with van der Waals surface area (Å²) in [5.41, 5.74) is 3.28. The van der Waals surface area contributed by atoms with E-state index in [1.165, 1.54) is 17.8 Å². The van der Waals surface area contributed by atoms with Crippen LogP contribution >= 0.6 is 11.8 Å². The summed E-state index contributed by atoms with van der Waals surface area (Å²) in [5.74, 6) is 0.268. The third-order valence-electron chi connectivity index (χ3n) is 4.25. The van der Waals surface area contributed by atoms with Crippen LogP contribution < -0.4 is 5.56 Å². The second-order valence-electron chi connectivity index (χ2n) is 6.46. The van der Waals surface area contributed by atoms with Gasteiger partial charge in [-0.1, -0.05) is 25.1 Å². The zero-order valence-electron chi connectivity index (χ0n) is 16.1. The number of carbonyl (C=O) groups excluding carboxylic acids is 1. The van der Waals surface area contributed by atoms with Crippen molar-refractivity contribution in [3.8, 4) is 0 Å². The van der Waals surface area contributed by atoms with E-state index in [1.807, 2.05) is 26.8 Å². The highest BCUT2D eigenvalue weighted by Crippen LogP contribution is 2.23. The molecule has 0 fully saturated rings. The lowest BCUT2D eigenvalue weighted by Gasteiger charge is -2.17. The first-order valence-corrected chi connectivity index (χ1v) is 9.79. The zero-order valence-corrected chi connectivity index (χ0v) is 16.9. The molecule has 2 aromatic heterocycles. The molecule has 2 rings (SSSR count). The van der Waals surface area contributed by atoms with E-state index in [1.54, 1.807) is 7.11 Å². The van der Waals surface area contributed by atoms with E-state index in [4.69, 9.17) is 4.74 Å². The number of nitrogens with zero attached hydrogens (tertiary/aromatic N) is 2. The largest absolute Gasteiger partial charge is 0.383 e. The molecule has 0 aliphatic rings. The van der Waals surface area contributed by atoms with Crippen LogP contribution in [0.1, 0.15) is 53.7 Å². The molecular formula is C19H27N3O3S. The summed E-state index contributed by atoms with van der Waals surface area (Å²) in [6.45, 7) is 8.66. The molecule has 142 valence electrons. The lowest BCUT2D eigenvalue weighted by Crippen LogP contribution is -2.15. The van der Waals surface area contributed by atoms with Crippen LogP contribution in [-0.4, -0.2) is 39.8 Å². The van der Waals surface area contributed by atoms with Gasteiger partial charge in [0.05, 0.1) is 18.4 Å². The molecule has 0 radical (unpaired) electrons. The topological polar surface area (TPSA) is 77.0 Å². The second-order valence-corrected chi connectivity index (χ2v) is 7.43. The Labute approximate surface area is 158 Å². The Kier molecular flexibility index (Phi) is 7.23. The number of carbonyl (C=O) groups is 1. The molecule has 0 aliphatic carbocycles. The molecule has 2 heterocycles. The molecule has 26 heavy (non-hydrogen) atoms. The van der Waals surface area contributed by atoms with Gasteiger partial charge in [0.15, 0.2) is 10.9 Å². The highest BCUT2D eigenvalue weighted by molar-refractivity contribution is 7.99. The molecule has 0 bridgehead atoms. The van der Waals surface area contributed by atoms with E-state index in [0.29, 0.717) is 17.3 Å². The standard InChI is InChI=1S/C19H27N3O3S/c1-6-7-15-9-18(24)21-19(20-15)26-11-17(23)16-8-12(2)22(14(16)4)13(3)10-25-5/h8-9,13H,6-7,10-11H2,1-5H3,(H,20,21,24)/t13-/m1/s1. The van der Waals surface area contributed by atoms with Gasteiger partial charge in [0.25, 0.3) is 5.56 Å². The minimum atomic E-state index is -0.176. The van der Waals surface area contributed by atoms with Crippen molar-refractivity contribution < 1.29 is 9.53 Å². The van der Waals surface area contributed by atoms with E-state index in [9.17, 15) is 9.59 Å². The third kappa shape index (κ3) is 4.86. The molecule has 7 heteroatoms. The van der Waals surface area contributed by atoms with Gasteiger partial charge >= 0.3 is 0 Å². The van der Waals surface area contributed by atoms with Gasteiger partial charge in [0.1, 0.15) is 0 Å². The summed E-state index contributed by atoms with van der Waals surface area (Å²) in [7, 11) is 1.67. The van der Waals surface area contributed by atoms with Crippen molar-refractivity contribution >= 4 is 17.5 Å². The summed E-state index contributed by atoms with van der Waals surface area (Å²) < 4.78 is 7.36. The molecule has 0 saturated heterocycles. The lowest BCUT2D eigenvalue weighted by atomic mass is 10.2. The fourth-order valence-corrected chi connectivity index (χ4v) is 3.98. The van der Waals surface area contributed by atoms with Crippen LogP contribution in [0.2, 0.25) is 0 Å². The van der Waals surface area contributed by atoms with Crippen LogP contribution in [0.4, 0.5) is 0 Å². The van der Waals surface area contributed by atoms with Crippen molar-refractivity contribution in [2.75, 3.05) is 19.5 Å². The molecule has 0 saturated carbocycles. The Hall–Kier alpha value is -1.86. The number of ketones is 1.